The van der Waals surface area contributed by atoms with Crippen LogP contribution in [0.5, 0.6) is 5.75 Å². The van der Waals surface area contributed by atoms with Gasteiger partial charge in [-0.1, -0.05) is 0 Å². The highest BCUT2D eigenvalue weighted by atomic mass is 16.5. The Morgan fingerprint density at radius 1 is 0.958 bits per heavy atom. The second-order valence-corrected chi connectivity index (χ2v) is 5.32. The number of ketones is 1. The lowest BCUT2D eigenvalue weighted by atomic mass is 10.1. The maximum Gasteiger partial charge on any atom is 0.226 e. The van der Waals surface area contributed by atoms with Crippen molar-refractivity contribution in [2.45, 2.75) is 20.3 Å². The van der Waals surface area contributed by atoms with Gasteiger partial charge in [-0.2, -0.15) is 0 Å². The topological polar surface area (TPSA) is 67.4 Å². The molecule has 0 aromatic heterocycles. The Labute approximate surface area is 142 Å². The third kappa shape index (κ3) is 5.43. The molecule has 2 aromatic carbocycles. The summed E-state index contributed by atoms with van der Waals surface area (Å²) in [6.07, 6.45) is 0.349. The average molecular weight is 326 g/mol. The zero-order valence-electron chi connectivity index (χ0n) is 14.0. The molecule has 24 heavy (non-hydrogen) atoms. The van der Waals surface area contributed by atoms with Gasteiger partial charge >= 0.3 is 0 Å². The number of rotatable bonds is 8. The fourth-order valence-electron chi connectivity index (χ4n) is 2.17. The lowest BCUT2D eigenvalue weighted by Crippen LogP contribution is -2.16. The second-order valence-electron chi connectivity index (χ2n) is 5.32. The molecule has 0 saturated heterocycles. The summed E-state index contributed by atoms with van der Waals surface area (Å²) >= 11 is 0. The number of carbonyl (C=O) groups is 2. The standard InChI is InChI=1S/C19H22N2O3/c1-3-24-18-10-8-17(9-11-18)21-19(23)12-13-20-16-6-4-15(5-7-16)14(2)22/h4-11,20H,3,12-13H2,1-2H3,(H,21,23). The molecular weight excluding hydrogens is 304 g/mol. The fraction of sp³-hybridized carbons (Fsp3) is 0.263. The van der Waals surface area contributed by atoms with Crippen molar-refractivity contribution in [1.82, 2.24) is 0 Å². The van der Waals surface area contributed by atoms with Crippen molar-refractivity contribution in [3.8, 4) is 5.75 Å². The first-order valence-electron chi connectivity index (χ1n) is 7.96. The van der Waals surface area contributed by atoms with Crippen molar-refractivity contribution >= 4 is 23.1 Å². The van der Waals surface area contributed by atoms with E-state index in [1.165, 1.54) is 6.92 Å². The minimum Gasteiger partial charge on any atom is -0.494 e. The summed E-state index contributed by atoms with van der Waals surface area (Å²) in [7, 11) is 0. The van der Waals surface area contributed by atoms with Crippen molar-refractivity contribution in [2.75, 3.05) is 23.8 Å². The van der Waals surface area contributed by atoms with E-state index in [2.05, 4.69) is 10.6 Å². The molecule has 0 heterocycles. The van der Waals surface area contributed by atoms with Gasteiger partial charge in [-0.25, -0.2) is 0 Å². The molecule has 0 atom stereocenters. The first-order chi connectivity index (χ1) is 11.6. The van der Waals surface area contributed by atoms with Gasteiger partial charge in [-0.3, -0.25) is 9.59 Å². The van der Waals surface area contributed by atoms with E-state index in [0.29, 0.717) is 25.1 Å². The smallest absolute Gasteiger partial charge is 0.226 e. The van der Waals surface area contributed by atoms with Crippen molar-refractivity contribution in [2.24, 2.45) is 0 Å². The van der Waals surface area contributed by atoms with Gasteiger partial charge in [0.1, 0.15) is 5.75 Å². The molecule has 126 valence electrons. The van der Waals surface area contributed by atoms with Crippen LogP contribution in [0, 0.1) is 0 Å². The Morgan fingerprint density at radius 3 is 2.17 bits per heavy atom. The molecule has 1 amide bonds. The number of hydrogen-bond donors (Lipinski definition) is 2. The van der Waals surface area contributed by atoms with Crippen LogP contribution in [0.2, 0.25) is 0 Å². The summed E-state index contributed by atoms with van der Waals surface area (Å²) in [4.78, 5) is 23.1. The Bertz CT molecular complexity index is 679. The van der Waals surface area contributed by atoms with E-state index >= 15 is 0 Å². The molecule has 5 heteroatoms. The van der Waals surface area contributed by atoms with Crippen molar-refractivity contribution < 1.29 is 14.3 Å². The van der Waals surface area contributed by atoms with Gasteiger partial charge in [0.25, 0.3) is 0 Å². The Kier molecular flexibility index (Phi) is 6.37. The number of carbonyl (C=O) groups excluding carboxylic acids is 2. The van der Waals surface area contributed by atoms with Crippen LogP contribution >= 0.6 is 0 Å². The van der Waals surface area contributed by atoms with Crippen LogP contribution in [0.3, 0.4) is 0 Å². The summed E-state index contributed by atoms with van der Waals surface area (Å²) in [5.41, 5.74) is 2.30. The maximum absolute atomic E-state index is 11.9. The zero-order chi connectivity index (χ0) is 17.4. The van der Waals surface area contributed by atoms with Crippen molar-refractivity contribution in [3.63, 3.8) is 0 Å². The van der Waals surface area contributed by atoms with E-state index in [0.717, 1.165) is 17.1 Å². The zero-order valence-corrected chi connectivity index (χ0v) is 14.0. The van der Waals surface area contributed by atoms with Crippen LogP contribution in [0.4, 0.5) is 11.4 Å². The number of amides is 1. The number of hydrogen-bond acceptors (Lipinski definition) is 4. The molecule has 0 unspecified atom stereocenters. The molecule has 0 aliphatic heterocycles. The Balaban J connectivity index is 1.75. The molecule has 0 spiro atoms. The van der Waals surface area contributed by atoms with Crippen LogP contribution in [0.1, 0.15) is 30.6 Å². The third-order valence-corrected chi connectivity index (χ3v) is 3.42. The molecule has 2 rings (SSSR count). The minimum absolute atomic E-state index is 0.0382. The van der Waals surface area contributed by atoms with E-state index in [1.807, 2.05) is 43.3 Å². The molecule has 0 saturated carbocycles. The molecule has 0 aliphatic rings. The van der Waals surface area contributed by atoms with Gasteiger partial charge in [0, 0.05) is 29.9 Å². The average Bonchev–Trinajstić information content (AvgIpc) is 2.57. The van der Waals surface area contributed by atoms with Gasteiger partial charge in [0.2, 0.25) is 5.91 Å². The monoisotopic (exact) mass is 326 g/mol. The molecule has 5 nitrogen and oxygen atoms in total. The quantitative estimate of drug-likeness (QED) is 0.725. The first-order valence-corrected chi connectivity index (χ1v) is 7.96. The SMILES string of the molecule is CCOc1ccc(NC(=O)CCNc2ccc(C(C)=O)cc2)cc1. The highest BCUT2D eigenvalue weighted by Gasteiger charge is 2.03. The molecule has 2 N–H and O–H groups in total. The fourth-order valence-corrected chi connectivity index (χ4v) is 2.17. The number of benzene rings is 2. The molecular formula is C19H22N2O3. The van der Waals surface area contributed by atoms with E-state index in [-0.39, 0.29) is 11.7 Å². The predicted octanol–water partition coefficient (Wildman–Crippen LogP) is 3.73. The largest absolute Gasteiger partial charge is 0.494 e. The van der Waals surface area contributed by atoms with Gasteiger partial charge in [0.15, 0.2) is 5.78 Å². The van der Waals surface area contributed by atoms with Gasteiger partial charge in [-0.15, -0.1) is 0 Å². The van der Waals surface area contributed by atoms with Crippen LogP contribution < -0.4 is 15.4 Å². The molecule has 2 aromatic rings. The number of Topliss-reactive ketones (excluding diaryl/α,β-unsaturated/α-hetero) is 1. The molecule has 0 bridgehead atoms. The van der Waals surface area contributed by atoms with Crippen LogP contribution in [-0.4, -0.2) is 24.8 Å². The van der Waals surface area contributed by atoms with E-state index in [1.54, 1.807) is 12.1 Å². The highest BCUT2D eigenvalue weighted by Crippen LogP contribution is 2.16. The molecule has 0 aliphatic carbocycles. The first kappa shape index (κ1) is 17.5. The van der Waals surface area contributed by atoms with Gasteiger partial charge in [-0.05, 0) is 62.4 Å². The lowest BCUT2D eigenvalue weighted by Gasteiger charge is -2.09. The third-order valence-electron chi connectivity index (χ3n) is 3.42. The predicted molar refractivity (Wildman–Crippen MR) is 95.8 cm³/mol. The summed E-state index contributed by atoms with van der Waals surface area (Å²) in [6.45, 7) is 4.59. The van der Waals surface area contributed by atoms with Gasteiger partial charge < -0.3 is 15.4 Å². The van der Waals surface area contributed by atoms with Gasteiger partial charge in [0.05, 0.1) is 6.61 Å². The summed E-state index contributed by atoms with van der Waals surface area (Å²) in [5, 5.41) is 6.00. The number of nitrogens with one attached hydrogen (secondary N) is 2. The minimum atomic E-state index is -0.0629. The summed E-state index contributed by atoms with van der Waals surface area (Å²) < 4.78 is 5.36. The van der Waals surface area contributed by atoms with Crippen LogP contribution in [0.25, 0.3) is 0 Å². The van der Waals surface area contributed by atoms with Crippen molar-refractivity contribution in [1.29, 1.82) is 0 Å². The summed E-state index contributed by atoms with van der Waals surface area (Å²) in [6, 6.07) is 14.5. The maximum atomic E-state index is 11.9. The van der Waals surface area contributed by atoms with Crippen LogP contribution in [0.15, 0.2) is 48.5 Å². The Hall–Kier alpha value is -2.82. The normalized spacial score (nSPS) is 10.1. The van der Waals surface area contributed by atoms with E-state index < -0.39 is 0 Å². The highest BCUT2D eigenvalue weighted by molar-refractivity contribution is 5.94. The number of anilines is 2. The summed E-state index contributed by atoms with van der Waals surface area (Å²) in [5.74, 6) is 0.759. The second kappa shape index (κ2) is 8.72. The molecule has 0 fully saturated rings. The van der Waals surface area contributed by atoms with E-state index in [4.69, 9.17) is 4.74 Å². The number of ether oxygens (including phenoxy) is 1. The lowest BCUT2D eigenvalue weighted by molar-refractivity contribution is -0.115. The Morgan fingerprint density at radius 2 is 1.58 bits per heavy atom. The van der Waals surface area contributed by atoms with Crippen molar-refractivity contribution in [3.05, 3.63) is 54.1 Å². The molecule has 0 radical (unpaired) electrons. The van der Waals surface area contributed by atoms with Crippen LogP contribution in [-0.2, 0) is 4.79 Å². The van der Waals surface area contributed by atoms with E-state index in [9.17, 15) is 9.59 Å².